The van der Waals surface area contributed by atoms with E-state index in [0.717, 1.165) is 80.9 Å². The van der Waals surface area contributed by atoms with Crippen LogP contribution in [0.2, 0.25) is 0 Å². The number of morpholine rings is 1. The number of ether oxygens (including phenoxy) is 3. The number of aromatic amines is 1. The fourth-order valence-corrected chi connectivity index (χ4v) is 6.16. The van der Waals surface area contributed by atoms with E-state index < -0.39 is 0 Å². The van der Waals surface area contributed by atoms with Crippen LogP contribution in [0.4, 0.5) is 11.6 Å². The number of fused-ring (bicyclic) bond motifs is 3. The molecule has 9 nitrogen and oxygen atoms in total. The lowest BCUT2D eigenvalue weighted by Crippen LogP contribution is -2.46. The van der Waals surface area contributed by atoms with Gasteiger partial charge in [-0.3, -0.25) is 10.00 Å². The van der Waals surface area contributed by atoms with Gasteiger partial charge in [-0.1, -0.05) is 0 Å². The Morgan fingerprint density at radius 2 is 1.97 bits per heavy atom. The van der Waals surface area contributed by atoms with Crippen molar-refractivity contribution < 1.29 is 14.2 Å². The van der Waals surface area contributed by atoms with E-state index in [9.17, 15) is 0 Å². The molecule has 6 rings (SSSR count). The van der Waals surface area contributed by atoms with E-state index in [1.54, 1.807) is 23.7 Å². The predicted octanol–water partition coefficient (Wildman–Crippen LogP) is 3.25. The van der Waals surface area contributed by atoms with E-state index in [1.165, 1.54) is 10.4 Å². The highest BCUT2D eigenvalue weighted by molar-refractivity contribution is 7.18. The second-order valence-electron chi connectivity index (χ2n) is 8.65. The molecular weight excluding hydrogens is 428 g/mol. The molecule has 1 saturated heterocycles. The first-order valence-electron chi connectivity index (χ1n) is 11.5. The Morgan fingerprint density at radius 3 is 2.78 bits per heavy atom. The lowest BCUT2D eigenvalue weighted by atomic mass is 9.91. The van der Waals surface area contributed by atoms with E-state index in [2.05, 4.69) is 20.4 Å². The molecule has 0 bridgehead atoms. The van der Waals surface area contributed by atoms with Crippen LogP contribution in [0.25, 0.3) is 10.2 Å². The predicted molar refractivity (Wildman–Crippen MR) is 122 cm³/mol. The third-order valence-corrected chi connectivity index (χ3v) is 7.77. The number of aromatic nitrogens is 4. The number of H-pyrrole nitrogens is 1. The SMILES string of the molecule is c1n[nH]cc1Nc1nc(O[C@H]2CC[C@H](N3CCOCC3)CC2)c2c3c(sc2n1)COCC3. The molecule has 0 radical (unpaired) electrons. The molecule has 0 unspecified atom stereocenters. The monoisotopic (exact) mass is 456 g/mol. The van der Waals surface area contributed by atoms with Crippen molar-refractivity contribution in [2.75, 3.05) is 38.2 Å². The standard InChI is InChI=1S/C22H28N6O3S/c1-3-16(4-2-15(1)28-6-9-29-10-7-28)31-20-19-17-5-8-30-13-18(17)32-21(19)27-22(26-20)25-14-11-23-24-12-14/h11-12,15-16H,1-10,13H2,(H,23,24)(H,25,26,27)/t15-,16-. The molecule has 2 aliphatic heterocycles. The highest BCUT2D eigenvalue weighted by Crippen LogP contribution is 2.40. The van der Waals surface area contributed by atoms with Crippen molar-refractivity contribution in [1.82, 2.24) is 25.1 Å². The summed E-state index contributed by atoms with van der Waals surface area (Å²) in [5, 5.41) is 11.1. The zero-order chi connectivity index (χ0) is 21.3. The van der Waals surface area contributed by atoms with Crippen LogP contribution in [-0.2, 0) is 22.5 Å². The van der Waals surface area contributed by atoms with Crippen LogP contribution in [0.1, 0.15) is 36.1 Å². The first-order chi connectivity index (χ1) is 15.8. The number of hydrogen-bond acceptors (Lipinski definition) is 9. The van der Waals surface area contributed by atoms with Crippen LogP contribution in [0.5, 0.6) is 5.88 Å². The van der Waals surface area contributed by atoms with Gasteiger partial charge < -0.3 is 19.5 Å². The van der Waals surface area contributed by atoms with E-state index in [4.69, 9.17) is 24.2 Å². The number of nitrogens with one attached hydrogen (secondary N) is 2. The molecule has 0 spiro atoms. The largest absolute Gasteiger partial charge is 0.474 e. The summed E-state index contributed by atoms with van der Waals surface area (Å²) in [6, 6.07) is 0.647. The number of anilines is 2. The van der Waals surface area contributed by atoms with Gasteiger partial charge in [0.2, 0.25) is 11.8 Å². The van der Waals surface area contributed by atoms with Gasteiger partial charge in [-0.15, -0.1) is 11.3 Å². The third kappa shape index (κ3) is 4.07. The van der Waals surface area contributed by atoms with Crippen LogP contribution < -0.4 is 10.1 Å². The summed E-state index contributed by atoms with van der Waals surface area (Å²) in [6.07, 6.45) is 8.99. The molecule has 0 aromatic carbocycles. The van der Waals surface area contributed by atoms with Gasteiger partial charge in [0.05, 0.1) is 43.7 Å². The number of hydrogen-bond donors (Lipinski definition) is 2. The highest BCUT2D eigenvalue weighted by atomic mass is 32.1. The van der Waals surface area contributed by atoms with Crippen molar-refractivity contribution in [3.63, 3.8) is 0 Å². The maximum atomic E-state index is 6.60. The summed E-state index contributed by atoms with van der Waals surface area (Å²) < 4.78 is 17.8. The molecule has 5 heterocycles. The van der Waals surface area contributed by atoms with Gasteiger partial charge in [0.25, 0.3) is 0 Å². The van der Waals surface area contributed by atoms with Crippen molar-refractivity contribution in [2.24, 2.45) is 0 Å². The third-order valence-electron chi connectivity index (χ3n) is 6.67. The summed E-state index contributed by atoms with van der Waals surface area (Å²) in [5.74, 6) is 1.24. The van der Waals surface area contributed by atoms with E-state index in [-0.39, 0.29) is 6.10 Å². The van der Waals surface area contributed by atoms with Gasteiger partial charge >= 0.3 is 0 Å². The molecule has 170 valence electrons. The zero-order valence-electron chi connectivity index (χ0n) is 18.0. The van der Waals surface area contributed by atoms with Crippen LogP contribution in [0, 0.1) is 0 Å². The minimum atomic E-state index is 0.183. The average molecular weight is 457 g/mol. The van der Waals surface area contributed by atoms with Gasteiger partial charge in [0.1, 0.15) is 10.9 Å². The molecule has 1 saturated carbocycles. The molecular formula is C22H28N6O3S. The Hall–Kier alpha value is -2.27. The van der Waals surface area contributed by atoms with Gasteiger partial charge in [-0.25, -0.2) is 4.98 Å². The van der Waals surface area contributed by atoms with Crippen molar-refractivity contribution in [2.45, 2.75) is 50.9 Å². The summed E-state index contributed by atoms with van der Waals surface area (Å²) in [6.45, 7) is 5.19. The van der Waals surface area contributed by atoms with Crippen molar-refractivity contribution in [3.05, 3.63) is 22.8 Å². The van der Waals surface area contributed by atoms with Crippen molar-refractivity contribution >= 4 is 33.2 Å². The highest BCUT2D eigenvalue weighted by Gasteiger charge is 2.30. The normalized spacial score (nSPS) is 24.4. The summed E-state index contributed by atoms with van der Waals surface area (Å²) in [5.41, 5.74) is 2.12. The Morgan fingerprint density at radius 1 is 1.09 bits per heavy atom. The Kier molecular flexibility index (Phi) is 5.68. The molecule has 2 N–H and O–H groups in total. The van der Waals surface area contributed by atoms with Crippen LogP contribution in [-0.4, -0.2) is 70.1 Å². The first-order valence-corrected chi connectivity index (χ1v) is 12.3. The maximum Gasteiger partial charge on any atom is 0.232 e. The summed E-state index contributed by atoms with van der Waals surface area (Å²) in [4.78, 5) is 14.4. The topological polar surface area (TPSA) is 97.4 Å². The lowest BCUT2D eigenvalue weighted by Gasteiger charge is -2.38. The van der Waals surface area contributed by atoms with Crippen molar-refractivity contribution in [3.8, 4) is 5.88 Å². The van der Waals surface area contributed by atoms with E-state index in [0.29, 0.717) is 24.5 Å². The second kappa shape index (κ2) is 8.93. The van der Waals surface area contributed by atoms with Crippen LogP contribution in [0.3, 0.4) is 0 Å². The van der Waals surface area contributed by atoms with Crippen LogP contribution >= 0.6 is 11.3 Å². The lowest BCUT2D eigenvalue weighted by molar-refractivity contribution is -0.00125. The Bertz CT molecular complexity index is 1060. The molecule has 1 aliphatic carbocycles. The average Bonchev–Trinajstić information content (AvgIpc) is 3.47. The second-order valence-corrected chi connectivity index (χ2v) is 9.73. The zero-order valence-corrected chi connectivity index (χ0v) is 18.8. The Balaban J connectivity index is 1.24. The van der Waals surface area contributed by atoms with Gasteiger partial charge in [-0.05, 0) is 37.7 Å². The van der Waals surface area contributed by atoms with Gasteiger partial charge in [-0.2, -0.15) is 10.1 Å². The van der Waals surface area contributed by atoms with Gasteiger partial charge in [0, 0.05) is 30.2 Å². The molecule has 0 amide bonds. The fraction of sp³-hybridized carbons (Fsp3) is 0.591. The van der Waals surface area contributed by atoms with E-state index in [1.807, 2.05) is 0 Å². The quantitative estimate of drug-likeness (QED) is 0.604. The number of thiophene rings is 1. The molecule has 32 heavy (non-hydrogen) atoms. The van der Waals surface area contributed by atoms with E-state index >= 15 is 0 Å². The van der Waals surface area contributed by atoms with Gasteiger partial charge in [0.15, 0.2) is 0 Å². The first kappa shape index (κ1) is 20.3. The minimum absolute atomic E-state index is 0.183. The molecule has 0 atom stereocenters. The fourth-order valence-electron chi connectivity index (χ4n) is 5.01. The molecule has 3 aromatic heterocycles. The minimum Gasteiger partial charge on any atom is -0.474 e. The Labute approximate surface area is 190 Å². The number of rotatable bonds is 5. The molecule has 3 aromatic rings. The summed E-state index contributed by atoms with van der Waals surface area (Å²) >= 11 is 1.68. The maximum absolute atomic E-state index is 6.60. The van der Waals surface area contributed by atoms with Crippen molar-refractivity contribution in [1.29, 1.82) is 0 Å². The van der Waals surface area contributed by atoms with Crippen LogP contribution in [0.15, 0.2) is 12.4 Å². The molecule has 2 fully saturated rings. The number of nitrogens with zero attached hydrogens (tertiary/aromatic N) is 4. The molecule has 3 aliphatic rings. The molecule has 10 heteroatoms. The smallest absolute Gasteiger partial charge is 0.232 e. The summed E-state index contributed by atoms with van der Waals surface area (Å²) in [7, 11) is 0.